The van der Waals surface area contributed by atoms with Crippen LogP contribution in [-0.4, -0.2) is 66.3 Å². The molecule has 2 aromatic rings. The zero-order valence-corrected chi connectivity index (χ0v) is 22.3. The van der Waals surface area contributed by atoms with Crippen molar-refractivity contribution in [2.45, 2.75) is 32.5 Å². The molecule has 0 aromatic heterocycles. The fraction of sp³-hybridized carbons (Fsp3) is 0.259. The number of rotatable bonds is 11. The van der Waals surface area contributed by atoms with E-state index < -0.39 is 54.3 Å². The second-order valence-electron chi connectivity index (χ2n) is 8.59. The monoisotopic (exact) mass is 552 g/mol. The summed E-state index contributed by atoms with van der Waals surface area (Å²) in [5.74, 6) is -3.94. The van der Waals surface area contributed by atoms with Crippen LogP contribution in [0.4, 0.5) is 10.5 Å². The first-order valence-electron chi connectivity index (χ1n) is 12.2. The summed E-state index contributed by atoms with van der Waals surface area (Å²) in [5.41, 5.74) is 8.73. The van der Waals surface area contributed by atoms with Gasteiger partial charge in [0.25, 0.3) is 17.7 Å². The van der Waals surface area contributed by atoms with E-state index in [2.05, 4.69) is 16.1 Å². The quantitative estimate of drug-likeness (QED) is 0.230. The van der Waals surface area contributed by atoms with Crippen LogP contribution in [0.2, 0.25) is 0 Å². The first kappa shape index (κ1) is 31.0. The first-order chi connectivity index (χ1) is 19.0. The summed E-state index contributed by atoms with van der Waals surface area (Å²) in [4.78, 5) is 74.9. The summed E-state index contributed by atoms with van der Waals surface area (Å²) >= 11 is 0. The lowest BCUT2D eigenvalue weighted by Crippen LogP contribution is -2.56. The lowest BCUT2D eigenvalue weighted by atomic mass is 10.2. The van der Waals surface area contributed by atoms with Gasteiger partial charge in [0.2, 0.25) is 11.8 Å². The van der Waals surface area contributed by atoms with Crippen LogP contribution in [0.5, 0.6) is 0 Å². The third-order valence-electron chi connectivity index (χ3n) is 5.36. The number of ether oxygens (including phenoxy) is 1. The number of hydrogen-bond acceptors (Lipinski definition) is 7. The van der Waals surface area contributed by atoms with Gasteiger partial charge in [-0.25, -0.2) is 9.80 Å². The van der Waals surface area contributed by atoms with Crippen LogP contribution in [0.25, 0.3) is 0 Å². The van der Waals surface area contributed by atoms with Crippen molar-refractivity contribution in [1.82, 2.24) is 21.1 Å². The molecule has 2 atom stereocenters. The van der Waals surface area contributed by atoms with Crippen molar-refractivity contribution in [2.24, 2.45) is 5.73 Å². The summed E-state index contributed by atoms with van der Waals surface area (Å²) < 4.78 is 5.07. The lowest BCUT2D eigenvalue weighted by molar-refractivity contribution is -0.142. The van der Waals surface area contributed by atoms with Crippen LogP contribution in [0, 0.1) is 0 Å². The normalized spacial score (nSPS) is 12.0. The number of likely N-dealkylation sites (N-methyl/N-ethyl adjacent to an activating group) is 1. The van der Waals surface area contributed by atoms with Crippen molar-refractivity contribution < 1.29 is 33.5 Å². The van der Waals surface area contributed by atoms with Gasteiger partial charge < -0.3 is 26.0 Å². The van der Waals surface area contributed by atoms with E-state index in [1.807, 2.05) is 6.07 Å². The minimum Gasteiger partial charge on any atom is -0.445 e. The minimum atomic E-state index is -1.19. The Balaban J connectivity index is 1.90. The number of nitrogens with two attached hydrogens (primary N) is 1. The Labute approximate surface area is 231 Å². The molecule has 0 spiro atoms. The largest absolute Gasteiger partial charge is 0.445 e. The van der Waals surface area contributed by atoms with Crippen molar-refractivity contribution in [3.63, 3.8) is 0 Å². The SMILES string of the molecule is CC(NC(=O)OCc1ccccc1)C(=O)NC(C)C(=O)NN(CC(N)=O)C(=O)/C=C/C(=O)N(C)c1ccccc1. The molecular weight excluding hydrogens is 520 g/mol. The standard InChI is InChI=1S/C27H32N6O7/c1-18(30-27(39)40-17-20-10-6-4-7-11-20)25(37)29-19(2)26(38)31-33(16-22(28)34)24(36)15-14-23(35)32(3)21-12-8-5-9-13-21/h4-15,18-19H,16-17H2,1-3H3,(H2,28,34)(H,29,37)(H,30,39)(H,31,38)/b15-14+. The number of para-hydroxylation sites is 1. The number of carbonyl (C=O) groups is 6. The number of hydrogen-bond donors (Lipinski definition) is 4. The van der Waals surface area contributed by atoms with E-state index in [1.54, 1.807) is 54.6 Å². The number of carbonyl (C=O) groups excluding carboxylic acids is 6. The highest BCUT2D eigenvalue weighted by Gasteiger charge is 2.24. The molecule has 2 rings (SSSR count). The van der Waals surface area contributed by atoms with Crippen molar-refractivity contribution in [2.75, 3.05) is 18.5 Å². The summed E-state index contributed by atoms with van der Waals surface area (Å²) in [6.45, 7) is 2.03. The predicted octanol–water partition coefficient (Wildman–Crippen LogP) is 0.370. The van der Waals surface area contributed by atoms with Gasteiger partial charge >= 0.3 is 6.09 Å². The van der Waals surface area contributed by atoms with Crippen LogP contribution in [0.1, 0.15) is 19.4 Å². The fourth-order valence-electron chi connectivity index (χ4n) is 3.09. The first-order valence-corrected chi connectivity index (χ1v) is 12.2. The van der Waals surface area contributed by atoms with Gasteiger partial charge in [-0.3, -0.25) is 29.4 Å². The number of amides is 6. The topological polar surface area (TPSA) is 180 Å². The third kappa shape index (κ3) is 10.3. The number of benzene rings is 2. The van der Waals surface area contributed by atoms with E-state index in [-0.39, 0.29) is 6.61 Å². The Hall–Kier alpha value is -5.20. The third-order valence-corrected chi connectivity index (χ3v) is 5.36. The Morgan fingerprint density at radius 2 is 1.38 bits per heavy atom. The number of nitrogens with one attached hydrogen (secondary N) is 3. The highest BCUT2D eigenvalue weighted by Crippen LogP contribution is 2.11. The van der Waals surface area contributed by atoms with Gasteiger partial charge in [0.15, 0.2) is 0 Å². The van der Waals surface area contributed by atoms with Gasteiger partial charge in [0.1, 0.15) is 25.2 Å². The second kappa shape index (κ2) is 15.3. The lowest BCUT2D eigenvalue weighted by Gasteiger charge is -2.24. The molecule has 40 heavy (non-hydrogen) atoms. The second-order valence-corrected chi connectivity index (χ2v) is 8.59. The molecule has 2 unspecified atom stereocenters. The summed E-state index contributed by atoms with van der Waals surface area (Å²) in [6, 6.07) is 15.4. The maximum Gasteiger partial charge on any atom is 0.408 e. The predicted molar refractivity (Wildman–Crippen MR) is 145 cm³/mol. The van der Waals surface area contributed by atoms with Crippen LogP contribution in [-0.2, 0) is 35.3 Å². The summed E-state index contributed by atoms with van der Waals surface area (Å²) in [7, 11) is 1.51. The highest BCUT2D eigenvalue weighted by molar-refractivity contribution is 6.05. The molecule has 0 aliphatic heterocycles. The van der Waals surface area contributed by atoms with Gasteiger partial charge in [0.05, 0.1) is 0 Å². The maximum absolute atomic E-state index is 12.6. The molecule has 2 aromatic carbocycles. The number of hydrazine groups is 1. The van der Waals surface area contributed by atoms with E-state index in [9.17, 15) is 28.8 Å². The Bertz CT molecular complexity index is 1240. The number of primary amides is 1. The van der Waals surface area contributed by atoms with Crippen molar-refractivity contribution >= 4 is 41.3 Å². The van der Waals surface area contributed by atoms with Crippen LogP contribution >= 0.6 is 0 Å². The molecule has 0 bridgehead atoms. The molecule has 0 aliphatic rings. The zero-order valence-electron chi connectivity index (χ0n) is 22.3. The van der Waals surface area contributed by atoms with Crippen molar-refractivity contribution in [3.05, 3.63) is 78.4 Å². The number of nitrogens with zero attached hydrogens (tertiary/aromatic N) is 2. The molecule has 6 amide bonds. The molecular formula is C27H32N6O7. The van der Waals surface area contributed by atoms with Gasteiger partial charge in [-0.1, -0.05) is 48.5 Å². The Morgan fingerprint density at radius 1 is 0.825 bits per heavy atom. The minimum absolute atomic E-state index is 0.00608. The van der Waals surface area contributed by atoms with Crippen molar-refractivity contribution in [3.8, 4) is 0 Å². The molecule has 0 heterocycles. The van der Waals surface area contributed by atoms with Gasteiger partial charge in [0, 0.05) is 24.9 Å². The molecule has 0 saturated heterocycles. The maximum atomic E-state index is 12.6. The smallest absolute Gasteiger partial charge is 0.408 e. The average Bonchev–Trinajstić information content (AvgIpc) is 2.94. The molecule has 212 valence electrons. The van der Waals surface area contributed by atoms with Gasteiger partial charge in [-0.05, 0) is 31.5 Å². The van der Waals surface area contributed by atoms with Crippen LogP contribution < -0.4 is 26.7 Å². The van der Waals surface area contributed by atoms with Gasteiger partial charge in [-0.15, -0.1) is 0 Å². The zero-order chi connectivity index (χ0) is 29.7. The summed E-state index contributed by atoms with van der Waals surface area (Å²) in [6.07, 6.45) is 1.02. The molecule has 13 heteroatoms. The van der Waals surface area contributed by atoms with E-state index in [4.69, 9.17) is 10.5 Å². The average molecular weight is 553 g/mol. The molecule has 0 aliphatic carbocycles. The molecule has 0 fully saturated rings. The Kier molecular flexibility index (Phi) is 11.8. The number of alkyl carbamates (subject to hydrolysis) is 1. The molecule has 13 nitrogen and oxygen atoms in total. The number of anilines is 1. The van der Waals surface area contributed by atoms with Gasteiger partial charge in [-0.2, -0.15) is 0 Å². The van der Waals surface area contributed by atoms with Crippen molar-refractivity contribution in [1.29, 1.82) is 0 Å². The van der Waals surface area contributed by atoms with E-state index in [0.717, 1.165) is 17.7 Å². The molecule has 0 saturated carbocycles. The Morgan fingerprint density at radius 3 is 1.98 bits per heavy atom. The van der Waals surface area contributed by atoms with E-state index in [0.29, 0.717) is 10.7 Å². The van der Waals surface area contributed by atoms with Crippen LogP contribution in [0.15, 0.2) is 72.8 Å². The molecule has 0 radical (unpaired) electrons. The van der Waals surface area contributed by atoms with Crippen LogP contribution in [0.3, 0.4) is 0 Å². The summed E-state index contributed by atoms with van der Waals surface area (Å²) in [5, 5.41) is 5.35. The molecule has 5 N–H and O–H groups in total. The van der Waals surface area contributed by atoms with E-state index in [1.165, 1.54) is 25.8 Å². The fourth-order valence-corrected chi connectivity index (χ4v) is 3.09. The van der Waals surface area contributed by atoms with E-state index >= 15 is 0 Å². The highest BCUT2D eigenvalue weighted by atomic mass is 16.5.